The van der Waals surface area contributed by atoms with Gasteiger partial charge in [0.1, 0.15) is 0 Å². The van der Waals surface area contributed by atoms with E-state index in [0.717, 1.165) is 11.8 Å². The molecule has 0 radical (unpaired) electrons. The summed E-state index contributed by atoms with van der Waals surface area (Å²) in [5.41, 5.74) is 1.11. The van der Waals surface area contributed by atoms with Gasteiger partial charge in [0.2, 0.25) is 0 Å². The number of hydrogen-bond acceptors (Lipinski definition) is 3. The fourth-order valence-electron chi connectivity index (χ4n) is 1.38. The van der Waals surface area contributed by atoms with Crippen molar-refractivity contribution in [2.45, 2.75) is 19.8 Å². The molecule has 0 atom stereocenters. The van der Waals surface area contributed by atoms with Crippen LogP contribution in [0.3, 0.4) is 0 Å². The minimum absolute atomic E-state index is 0.0971. The second-order valence-electron chi connectivity index (χ2n) is 3.51. The van der Waals surface area contributed by atoms with Gasteiger partial charge in [-0.15, -0.1) is 0 Å². The van der Waals surface area contributed by atoms with Crippen LogP contribution >= 0.6 is 15.9 Å². The Morgan fingerprint density at radius 2 is 1.76 bits per heavy atom. The lowest BCUT2D eigenvalue weighted by Gasteiger charge is -2.03. The van der Waals surface area contributed by atoms with Crippen LogP contribution in [0.4, 0.5) is 0 Å². The average molecular weight is 299 g/mol. The van der Waals surface area contributed by atoms with E-state index in [0.29, 0.717) is 24.2 Å². The summed E-state index contributed by atoms with van der Waals surface area (Å²) in [7, 11) is 0. The van der Waals surface area contributed by atoms with Gasteiger partial charge in [-0.3, -0.25) is 4.79 Å². The topological polar surface area (TPSA) is 43.4 Å². The number of Topliss-reactive ketones (excluding diaryl/α,β-unsaturated/α-hetero) is 1. The highest BCUT2D eigenvalue weighted by molar-refractivity contribution is 9.09. The molecule has 1 aromatic rings. The number of carbonyl (C=O) groups is 2. The lowest BCUT2D eigenvalue weighted by molar-refractivity contribution is 0.0526. The molecule has 1 aromatic carbocycles. The van der Waals surface area contributed by atoms with E-state index in [-0.39, 0.29) is 11.8 Å². The summed E-state index contributed by atoms with van der Waals surface area (Å²) in [5.74, 6) is -0.258. The van der Waals surface area contributed by atoms with Crippen LogP contribution in [-0.4, -0.2) is 23.7 Å². The van der Waals surface area contributed by atoms with Crippen LogP contribution in [0.1, 0.15) is 40.5 Å². The van der Waals surface area contributed by atoms with E-state index in [1.807, 2.05) is 0 Å². The van der Waals surface area contributed by atoms with E-state index in [4.69, 9.17) is 4.74 Å². The highest BCUT2D eigenvalue weighted by atomic mass is 79.9. The third kappa shape index (κ3) is 4.30. The Kier molecular flexibility index (Phi) is 5.91. The molecule has 0 amide bonds. The van der Waals surface area contributed by atoms with E-state index in [2.05, 4.69) is 15.9 Å². The van der Waals surface area contributed by atoms with Crippen LogP contribution in [0.2, 0.25) is 0 Å². The minimum atomic E-state index is -0.355. The van der Waals surface area contributed by atoms with Gasteiger partial charge in [0.25, 0.3) is 0 Å². The first-order valence-corrected chi connectivity index (χ1v) is 6.67. The third-order valence-electron chi connectivity index (χ3n) is 2.26. The molecule has 92 valence electrons. The van der Waals surface area contributed by atoms with Gasteiger partial charge < -0.3 is 4.74 Å². The van der Waals surface area contributed by atoms with Crippen LogP contribution in [0.5, 0.6) is 0 Å². The van der Waals surface area contributed by atoms with Gasteiger partial charge in [0, 0.05) is 17.3 Å². The molecule has 0 bridgehead atoms. The van der Waals surface area contributed by atoms with Gasteiger partial charge in [0.15, 0.2) is 5.78 Å². The van der Waals surface area contributed by atoms with Crippen molar-refractivity contribution in [3.8, 4) is 0 Å². The smallest absolute Gasteiger partial charge is 0.338 e. The van der Waals surface area contributed by atoms with E-state index in [1.54, 1.807) is 31.2 Å². The fraction of sp³-hybridized carbons (Fsp3) is 0.385. The quantitative estimate of drug-likeness (QED) is 0.460. The molecular weight excluding hydrogens is 284 g/mol. The number of esters is 1. The molecule has 0 saturated heterocycles. The molecule has 0 heterocycles. The maximum atomic E-state index is 11.7. The number of hydrogen-bond donors (Lipinski definition) is 0. The predicted octanol–water partition coefficient (Wildman–Crippen LogP) is 3.22. The molecule has 0 spiro atoms. The maximum Gasteiger partial charge on any atom is 0.338 e. The number of ketones is 1. The van der Waals surface area contributed by atoms with E-state index < -0.39 is 0 Å². The summed E-state index contributed by atoms with van der Waals surface area (Å²) >= 11 is 3.28. The van der Waals surface area contributed by atoms with Gasteiger partial charge in [-0.1, -0.05) is 28.1 Å². The number of ether oxygens (including phenoxy) is 1. The molecule has 0 aliphatic carbocycles. The summed E-state index contributed by atoms with van der Waals surface area (Å²) in [6.07, 6.45) is 1.34. The van der Waals surface area contributed by atoms with Crippen LogP contribution in [0, 0.1) is 0 Å². The van der Waals surface area contributed by atoms with Crippen molar-refractivity contribution in [2.24, 2.45) is 0 Å². The second-order valence-corrected chi connectivity index (χ2v) is 4.31. The van der Waals surface area contributed by atoms with Crippen molar-refractivity contribution < 1.29 is 14.3 Å². The first kappa shape index (κ1) is 13.9. The normalized spacial score (nSPS) is 10.0. The number of alkyl halides is 1. The molecule has 3 nitrogen and oxygen atoms in total. The van der Waals surface area contributed by atoms with E-state index >= 15 is 0 Å². The fourth-order valence-corrected chi connectivity index (χ4v) is 1.66. The largest absolute Gasteiger partial charge is 0.462 e. The first-order chi connectivity index (χ1) is 8.19. The molecule has 0 fully saturated rings. The lowest BCUT2D eigenvalue weighted by Crippen LogP contribution is -2.05. The zero-order valence-electron chi connectivity index (χ0n) is 9.74. The highest BCUT2D eigenvalue weighted by Crippen LogP contribution is 2.10. The zero-order chi connectivity index (χ0) is 12.7. The maximum absolute atomic E-state index is 11.7. The molecule has 0 N–H and O–H groups in total. The Balaban J connectivity index is 2.67. The molecule has 17 heavy (non-hydrogen) atoms. The van der Waals surface area contributed by atoms with Crippen LogP contribution in [0.15, 0.2) is 24.3 Å². The van der Waals surface area contributed by atoms with Crippen molar-refractivity contribution in [3.05, 3.63) is 35.4 Å². The Morgan fingerprint density at radius 3 is 2.29 bits per heavy atom. The van der Waals surface area contributed by atoms with Gasteiger partial charge in [0.05, 0.1) is 12.2 Å². The van der Waals surface area contributed by atoms with Gasteiger partial charge in [-0.25, -0.2) is 4.79 Å². The zero-order valence-corrected chi connectivity index (χ0v) is 11.3. The van der Waals surface area contributed by atoms with Crippen LogP contribution in [-0.2, 0) is 4.74 Å². The Labute approximate surface area is 109 Å². The van der Waals surface area contributed by atoms with Gasteiger partial charge in [-0.05, 0) is 25.5 Å². The van der Waals surface area contributed by atoms with Crippen LogP contribution in [0.25, 0.3) is 0 Å². The van der Waals surface area contributed by atoms with Gasteiger partial charge in [-0.2, -0.15) is 0 Å². The standard InChI is InChI=1S/C13H15BrO3/c1-2-17-13(16)11-7-5-10(6-8-11)12(15)4-3-9-14/h5-8H,2-4,9H2,1H3. The van der Waals surface area contributed by atoms with E-state index in [9.17, 15) is 9.59 Å². The average Bonchev–Trinajstić information content (AvgIpc) is 2.36. The lowest BCUT2D eigenvalue weighted by atomic mass is 10.1. The molecule has 1 rings (SSSR count). The first-order valence-electron chi connectivity index (χ1n) is 5.55. The predicted molar refractivity (Wildman–Crippen MR) is 69.8 cm³/mol. The molecule has 0 unspecified atom stereocenters. The number of carbonyl (C=O) groups excluding carboxylic acids is 2. The van der Waals surface area contributed by atoms with Crippen molar-refractivity contribution in [1.29, 1.82) is 0 Å². The summed E-state index contributed by atoms with van der Waals surface area (Å²) in [4.78, 5) is 23.1. The second kappa shape index (κ2) is 7.22. The van der Waals surface area contributed by atoms with Crippen molar-refractivity contribution in [3.63, 3.8) is 0 Å². The molecule has 0 aliphatic rings. The molecule has 4 heteroatoms. The summed E-state index contributed by atoms with van der Waals surface area (Å²) in [6, 6.07) is 6.59. The van der Waals surface area contributed by atoms with Crippen molar-refractivity contribution >= 4 is 27.7 Å². The Hall–Kier alpha value is -1.16. The highest BCUT2D eigenvalue weighted by Gasteiger charge is 2.08. The molecular formula is C13H15BrO3. The Morgan fingerprint density at radius 1 is 1.18 bits per heavy atom. The Bertz CT molecular complexity index is 384. The molecule has 0 aliphatic heterocycles. The van der Waals surface area contributed by atoms with Crippen molar-refractivity contribution in [2.75, 3.05) is 11.9 Å². The monoisotopic (exact) mass is 298 g/mol. The summed E-state index contributed by atoms with van der Waals surface area (Å²) in [5, 5.41) is 0.819. The summed E-state index contributed by atoms with van der Waals surface area (Å²) < 4.78 is 4.86. The molecule has 0 aromatic heterocycles. The van der Waals surface area contributed by atoms with Gasteiger partial charge >= 0.3 is 5.97 Å². The SMILES string of the molecule is CCOC(=O)c1ccc(C(=O)CCCBr)cc1. The minimum Gasteiger partial charge on any atom is -0.462 e. The van der Waals surface area contributed by atoms with E-state index in [1.165, 1.54) is 0 Å². The number of benzene rings is 1. The van der Waals surface area contributed by atoms with Crippen molar-refractivity contribution in [1.82, 2.24) is 0 Å². The van der Waals surface area contributed by atoms with Crippen LogP contribution < -0.4 is 0 Å². The number of halogens is 1. The third-order valence-corrected chi connectivity index (χ3v) is 2.82. The summed E-state index contributed by atoms with van der Waals surface area (Å²) in [6.45, 7) is 2.11. The molecule has 0 saturated carbocycles. The number of rotatable bonds is 6.